The largest absolute Gasteiger partial charge is 0.300 e. The summed E-state index contributed by atoms with van der Waals surface area (Å²) in [6, 6.07) is 0. The summed E-state index contributed by atoms with van der Waals surface area (Å²) in [4.78, 5) is 11.1. The van der Waals surface area contributed by atoms with E-state index in [1.165, 1.54) is 0 Å². The molecule has 0 amide bonds. The molecule has 1 heteroatoms. The van der Waals surface area contributed by atoms with Crippen molar-refractivity contribution in [3.63, 3.8) is 0 Å². The third-order valence-corrected chi connectivity index (χ3v) is 1.97. The molecule has 0 aromatic heterocycles. The fraction of sp³-hybridized carbons (Fsp3) is 0.917. The highest BCUT2D eigenvalue weighted by Crippen LogP contribution is 2.17. The van der Waals surface area contributed by atoms with Crippen molar-refractivity contribution < 1.29 is 4.79 Å². The van der Waals surface area contributed by atoms with Gasteiger partial charge in [0.05, 0.1) is 0 Å². The molecule has 0 aromatic carbocycles. The predicted octanol–water partition coefficient (Wildman–Crippen LogP) is 4.31. The molecule has 0 aliphatic heterocycles. The Morgan fingerprint density at radius 3 is 1.92 bits per heavy atom. The van der Waals surface area contributed by atoms with Crippen molar-refractivity contribution in [3.8, 4) is 0 Å². The number of carbonyl (C=O) groups excluding carboxylic acids is 1. The average Bonchev–Trinajstić information content (AvgIpc) is 1.86. The van der Waals surface area contributed by atoms with E-state index >= 15 is 0 Å². The second-order valence-electron chi connectivity index (χ2n) is 3.73. The van der Waals surface area contributed by atoms with Crippen LogP contribution in [0.2, 0.25) is 0 Å². The smallest absolute Gasteiger partial charge is 0.132 e. The van der Waals surface area contributed by atoms with Crippen LogP contribution >= 0.6 is 0 Å². The molecule has 0 aliphatic carbocycles. The van der Waals surface area contributed by atoms with Gasteiger partial charge in [0.25, 0.3) is 0 Å². The van der Waals surface area contributed by atoms with E-state index in [9.17, 15) is 4.79 Å². The van der Waals surface area contributed by atoms with Crippen LogP contribution in [-0.4, -0.2) is 5.78 Å². The quantitative estimate of drug-likeness (QED) is 0.628. The van der Waals surface area contributed by atoms with Gasteiger partial charge in [-0.15, -0.1) is 0 Å². The highest BCUT2D eigenvalue weighted by Gasteiger charge is 2.13. The van der Waals surface area contributed by atoms with Crippen molar-refractivity contribution in [3.05, 3.63) is 0 Å². The van der Waals surface area contributed by atoms with Gasteiger partial charge in [0.15, 0.2) is 0 Å². The van der Waals surface area contributed by atoms with E-state index in [4.69, 9.17) is 0 Å². The minimum absolute atomic E-state index is 0. The first-order valence-corrected chi connectivity index (χ1v) is 4.58. The Balaban J connectivity index is -0.000000500. The normalized spacial score (nSPS) is 11.5. The molecule has 0 rings (SSSR count). The van der Waals surface area contributed by atoms with Gasteiger partial charge in [0, 0.05) is 5.92 Å². The van der Waals surface area contributed by atoms with Crippen LogP contribution in [0.25, 0.3) is 0 Å². The summed E-state index contributed by atoms with van der Waals surface area (Å²) >= 11 is 0. The van der Waals surface area contributed by atoms with Crippen LogP contribution in [0.15, 0.2) is 0 Å². The third-order valence-electron chi connectivity index (χ3n) is 1.97. The third kappa shape index (κ3) is 9.59. The minimum Gasteiger partial charge on any atom is -0.300 e. The molecule has 82 valence electrons. The lowest BCUT2D eigenvalue weighted by molar-refractivity contribution is -0.121. The summed E-state index contributed by atoms with van der Waals surface area (Å²) < 4.78 is 0. The van der Waals surface area contributed by atoms with Gasteiger partial charge in [-0.2, -0.15) is 0 Å². The monoisotopic (exact) mass is 188 g/mol. The topological polar surface area (TPSA) is 17.1 Å². The Bertz CT molecular complexity index is 116. The van der Waals surface area contributed by atoms with Crippen LogP contribution in [0.3, 0.4) is 0 Å². The zero-order chi connectivity index (χ0) is 8.85. The Labute approximate surface area is 84.9 Å². The van der Waals surface area contributed by atoms with Gasteiger partial charge in [-0.05, 0) is 25.7 Å². The number of carbonyl (C=O) groups is 1. The first-order valence-electron chi connectivity index (χ1n) is 4.58. The van der Waals surface area contributed by atoms with Gasteiger partial charge in [-0.25, -0.2) is 0 Å². The molecule has 0 spiro atoms. The van der Waals surface area contributed by atoms with Crippen LogP contribution in [0.4, 0.5) is 0 Å². The Kier molecular flexibility index (Phi) is 13.8. The van der Waals surface area contributed by atoms with Crippen molar-refractivity contribution in [2.75, 3.05) is 0 Å². The Hall–Kier alpha value is -0.330. The van der Waals surface area contributed by atoms with Gasteiger partial charge in [-0.1, -0.05) is 42.0 Å². The molecule has 0 heterocycles. The molecular weight excluding hydrogens is 160 g/mol. The second kappa shape index (κ2) is 9.76. The number of hydrogen-bond acceptors (Lipinski definition) is 1. The maximum absolute atomic E-state index is 11.1. The summed E-state index contributed by atoms with van der Waals surface area (Å²) in [6.07, 6.45) is 3.24. The van der Waals surface area contributed by atoms with Gasteiger partial charge in [-0.3, -0.25) is 4.79 Å². The maximum Gasteiger partial charge on any atom is 0.132 e. The number of ketones is 1. The summed E-state index contributed by atoms with van der Waals surface area (Å²) in [5.41, 5.74) is 0. The summed E-state index contributed by atoms with van der Waals surface area (Å²) in [5, 5.41) is 0. The molecule has 1 nitrogen and oxygen atoms in total. The van der Waals surface area contributed by atoms with E-state index in [1.807, 2.05) is 0 Å². The Morgan fingerprint density at radius 1 is 1.23 bits per heavy atom. The average molecular weight is 188 g/mol. The van der Waals surface area contributed by atoms with Gasteiger partial charge in [0.1, 0.15) is 5.78 Å². The van der Waals surface area contributed by atoms with Gasteiger partial charge < -0.3 is 0 Å². The second-order valence-corrected chi connectivity index (χ2v) is 3.73. The lowest BCUT2D eigenvalue weighted by Crippen LogP contribution is -2.13. The van der Waals surface area contributed by atoms with Crippen molar-refractivity contribution in [2.45, 2.75) is 61.8 Å². The summed E-state index contributed by atoms with van der Waals surface area (Å²) in [7, 11) is 0. The van der Waals surface area contributed by atoms with Crippen LogP contribution in [0, 0.1) is 11.8 Å². The van der Waals surface area contributed by atoms with E-state index < -0.39 is 0 Å². The van der Waals surface area contributed by atoms with E-state index in [1.54, 1.807) is 6.92 Å². The lowest BCUT2D eigenvalue weighted by Gasteiger charge is -2.14. The number of hydrogen-bond donors (Lipinski definition) is 0. The van der Waals surface area contributed by atoms with E-state index in [-0.39, 0.29) is 14.9 Å². The zero-order valence-electron chi connectivity index (χ0n) is 8.18. The summed E-state index contributed by atoms with van der Waals surface area (Å²) in [6.45, 7) is 8.19. The number of rotatable bonds is 5. The maximum atomic E-state index is 11.1. The molecule has 0 N–H and O–H groups in total. The molecule has 0 aliphatic rings. The molecule has 0 radical (unpaired) electrons. The fourth-order valence-electron chi connectivity index (χ4n) is 1.40. The predicted molar refractivity (Wildman–Crippen MR) is 62.0 cm³/mol. The van der Waals surface area contributed by atoms with E-state index in [0.717, 1.165) is 19.3 Å². The molecule has 0 aromatic rings. The molecule has 0 fully saturated rings. The van der Waals surface area contributed by atoms with E-state index in [0.29, 0.717) is 17.6 Å². The van der Waals surface area contributed by atoms with Crippen LogP contribution in [0.5, 0.6) is 0 Å². The highest BCUT2D eigenvalue weighted by atomic mass is 16.1. The molecular formula is C12H28O. The van der Waals surface area contributed by atoms with Crippen molar-refractivity contribution in [1.82, 2.24) is 0 Å². The lowest BCUT2D eigenvalue weighted by atomic mass is 9.90. The first kappa shape index (κ1) is 18.5. The fourth-order valence-corrected chi connectivity index (χ4v) is 1.40. The zero-order valence-corrected chi connectivity index (χ0v) is 8.18. The minimum atomic E-state index is 0. The SMILES string of the molecule is C.C.CCCC(CC(C)C)C(C)=O. The van der Waals surface area contributed by atoms with Gasteiger partial charge in [0.2, 0.25) is 0 Å². The first-order chi connectivity index (χ1) is 5.07. The molecule has 0 bridgehead atoms. The van der Waals surface area contributed by atoms with Crippen molar-refractivity contribution in [2.24, 2.45) is 11.8 Å². The Morgan fingerprint density at radius 2 is 1.69 bits per heavy atom. The van der Waals surface area contributed by atoms with Crippen LogP contribution < -0.4 is 0 Å². The van der Waals surface area contributed by atoms with Gasteiger partial charge >= 0.3 is 0 Å². The molecule has 13 heavy (non-hydrogen) atoms. The molecule has 1 unspecified atom stereocenters. The van der Waals surface area contributed by atoms with Crippen molar-refractivity contribution >= 4 is 5.78 Å². The molecule has 1 atom stereocenters. The van der Waals surface area contributed by atoms with Crippen LogP contribution in [0.1, 0.15) is 61.8 Å². The molecule has 0 saturated carbocycles. The van der Waals surface area contributed by atoms with Crippen LogP contribution in [-0.2, 0) is 4.79 Å². The highest BCUT2D eigenvalue weighted by molar-refractivity contribution is 5.78. The summed E-state index contributed by atoms with van der Waals surface area (Å²) in [5.74, 6) is 1.33. The van der Waals surface area contributed by atoms with Crippen molar-refractivity contribution in [1.29, 1.82) is 0 Å². The standard InChI is InChI=1S/C10H20O.2CH4/c1-5-6-10(9(4)11)7-8(2)3;;/h8,10H,5-7H2,1-4H3;2*1H4. The van der Waals surface area contributed by atoms with E-state index in [2.05, 4.69) is 20.8 Å². The number of Topliss-reactive ketones (excluding diaryl/α,β-unsaturated/α-hetero) is 1. The molecule has 0 saturated heterocycles.